The van der Waals surface area contributed by atoms with Gasteiger partial charge >= 0.3 is 5.97 Å². The molecule has 0 heterocycles. The molecule has 4 aromatic rings. The molecule has 37 heavy (non-hydrogen) atoms. The van der Waals surface area contributed by atoms with Crippen LogP contribution in [0.1, 0.15) is 21.5 Å². The number of para-hydroxylation sites is 2. The quantitative estimate of drug-likeness (QED) is 0.152. The molecule has 0 aromatic heterocycles. The molecule has 4 rings (SSSR count). The van der Waals surface area contributed by atoms with E-state index in [-0.39, 0.29) is 5.78 Å². The second-order valence-electron chi connectivity index (χ2n) is 8.45. The van der Waals surface area contributed by atoms with Crippen LogP contribution in [0.25, 0.3) is 0 Å². The highest BCUT2D eigenvalue weighted by Crippen LogP contribution is 2.22. The van der Waals surface area contributed by atoms with E-state index in [0.717, 1.165) is 17.0 Å². The van der Waals surface area contributed by atoms with Crippen LogP contribution >= 0.6 is 0 Å². The van der Waals surface area contributed by atoms with Crippen LogP contribution in [0.15, 0.2) is 109 Å². The van der Waals surface area contributed by atoms with E-state index in [4.69, 9.17) is 9.47 Å². The summed E-state index contributed by atoms with van der Waals surface area (Å²) < 4.78 is 10.9. The molecule has 4 aromatic carbocycles. The molecule has 0 saturated carbocycles. The molecule has 188 valence electrons. The van der Waals surface area contributed by atoms with Gasteiger partial charge in [-0.15, -0.1) is 0 Å². The lowest BCUT2D eigenvalue weighted by molar-refractivity contribution is -0.141. The fourth-order valence-corrected chi connectivity index (χ4v) is 3.95. The summed E-state index contributed by atoms with van der Waals surface area (Å²) in [6.45, 7) is 1.20. The zero-order valence-corrected chi connectivity index (χ0v) is 20.7. The van der Waals surface area contributed by atoms with Crippen molar-refractivity contribution in [2.24, 2.45) is 0 Å². The number of carbonyl (C=O) groups is 2. The number of hydrogen-bond acceptors (Lipinski definition) is 6. The summed E-state index contributed by atoms with van der Waals surface area (Å²) in [5.41, 5.74) is 3.65. The van der Waals surface area contributed by atoms with E-state index in [1.165, 1.54) is 7.11 Å². The highest BCUT2D eigenvalue weighted by Gasteiger charge is 2.22. The third kappa shape index (κ3) is 7.21. The van der Waals surface area contributed by atoms with Crippen LogP contribution in [-0.2, 0) is 16.0 Å². The van der Waals surface area contributed by atoms with Gasteiger partial charge in [0, 0.05) is 35.5 Å². The zero-order chi connectivity index (χ0) is 25.9. The van der Waals surface area contributed by atoms with Crippen molar-refractivity contribution in [3.63, 3.8) is 0 Å². The van der Waals surface area contributed by atoms with Crippen molar-refractivity contribution in [1.82, 2.24) is 0 Å². The van der Waals surface area contributed by atoms with Crippen LogP contribution < -0.4 is 15.4 Å². The van der Waals surface area contributed by atoms with Crippen LogP contribution in [-0.4, -0.2) is 38.1 Å². The van der Waals surface area contributed by atoms with Gasteiger partial charge in [0.15, 0.2) is 5.78 Å². The molecule has 0 aliphatic rings. The summed E-state index contributed by atoms with van der Waals surface area (Å²) in [5, 5.41) is 6.54. The van der Waals surface area contributed by atoms with Gasteiger partial charge in [-0.2, -0.15) is 0 Å². The maximum Gasteiger partial charge on any atom is 0.328 e. The number of rotatable bonds is 12. The summed E-state index contributed by atoms with van der Waals surface area (Å²) in [7, 11) is 1.36. The number of ether oxygens (including phenoxy) is 2. The first kappa shape index (κ1) is 25.5. The lowest BCUT2D eigenvalue weighted by Crippen LogP contribution is -2.33. The molecular formula is C31H30N2O4. The second-order valence-corrected chi connectivity index (χ2v) is 8.45. The Kier molecular flexibility index (Phi) is 8.92. The highest BCUT2D eigenvalue weighted by atomic mass is 16.5. The van der Waals surface area contributed by atoms with Crippen LogP contribution in [0.3, 0.4) is 0 Å². The largest absolute Gasteiger partial charge is 0.492 e. The third-order valence-corrected chi connectivity index (χ3v) is 5.86. The predicted molar refractivity (Wildman–Crippen MR) is 146 cm³/mol. The average Bonchev–Trinajstić information content (AvgIpc) is 2.96. The van der Waals surface area contributed by atoms with Gasteiger partial charge in [0.05, 0.1) is 7.11 Å². The van der Waals surface area contributed by atoms with Gasteiger partial charge in [0.1, 0.15) is 18.4 Å². The molecule has 2 N–H and O–H groups in total. The van der Waals surface area contributed by atoms with Gasteiger partial charge in [-0.25, -0.2) is 4.79 Å². The number of benzene rings is 4. The molecule has 0 fully saturated rings. The number of nitrogens with one attached hydrogen (secondary N) is 2. The summed E-state index contributed by atoms with van der Waals surface area (Å²) in [5.74, 6) is 0.227. The van der Waals surface area contributed by atoms with E-state index in [0.29, 0.717) is 36.4 Å². The van der Waals surface area contributed by atoms with E-state index in [2.05, 4.69) is 10.6 Å². The molecule has 6 nitrogen and oxygen atoms in total. The van der Waals surface area contributed by atoms with Crippen LogP contribution in [0.5, 0.6) is 5.75 Å². The molecule has 0 amide bonds. The summed E-state index contributed by atoms with van der Waals surface area (Å²) >= 11 is 0. The summed E-state index contributed by atoms with van der Waals surface area (Å²) in [6.07, 6.45) is 0.385. The van der Waals surface area contributed by atoms with Gasteiger partial charge in [0.2, 0.25) is 0 Å². The first-order valence-corrected chi connectivity index (χ1v) is 12.2. The monoisotopic (exact) mass is 494 g/mol. The van der Waals surface area contributed by atoms with E-state index in [1.807, 2.05) is 84.9 Å². The number of esters is 1. The van der Waals surface area contributed by atoms with Crippen molar-refractivity contribution < 1.29 is 19.1 Å². The van der Waals surface area contributed by atoms with Gasteiger partial charge < -0.3 is 20.1 Å². The minimum absolute atomic E-state index is 0.115. The Bertz CT molecular complexity index is 1290. The molecule has 0 radical (unpaired) electrons. The van der Waals surface area contributed by atoms with Crippen molar-refractivity contribution in [2.75, 3.05) is 30.9 Å². The fourth-order valence-electron chi connectivity index (χ4n) is 3.95. The highest BCUT2D eigenvalue weighted by molar-refractivity contribution is 6.12. The molecule has 6 heteroatoms. The van der Waals surface area contributed by atoms with Crippen molar-refractivity contribution in [3.8, 4) is 5.75 Å². The second kappa shape index (κ2) is 12.9. The Morgan fingerprint density at radius 3 is 2.14 bits per heavy atom. The van der Waals surface area contributed by atoms with E-state index < -0.39 is 12.0 Å². The Labute approximate surface area is 217 Å². The first-order valence-electron chi connectivity index (χ1n) is 12.2. The predicted octanol–water partition coefficient (Wildman–Crippen LogP) is 5.60. The molecule has 0 spiro atoms. The Balaban J connectivity index is 1.39. The minimum atomic E-state index is -0.670. The molecular weight excluding hydrogens is 464 g/mol. The van der Waals surface area contributed by atoms with Crippen molar-refractivity contribution in [2.45, 2.75) is 12.5 Å². The standard InChI is InChI=1S/C31H30N2O4/c1-36-31(35)29(33-28-15-9-8-14-27(28)30(34)24-10-4-2-5-11-24)22-23-16-18-26(19-17-23)37-21-20-32-25-12-6-3-7-13-25/h2-19,29,32-33H,20-22H2,1H3/t29-/m1/s1. The molecule has 1 atom stereocenters. The van der Waals surface area contributed by atoms with Gasteiger partial charge in [-0.05, 0) is 42.0 Å². The first-order chi connectivity index (χ1) is 18.1. The maximum atomic E-state index is 13.1. The number of carbonyl (C=O) groups excluding carboxylic acids is 2. The number of methoxy groups -OCH3 is 1. The molecule has 0 bridgehead atoms. The maximum absolute atomic E-state index is 13.1. The Morgan fingerprint density at radius 2 is 1.43 bits per heavy atom. The van der Waals surface area contributed by atoms with E-state index in [9.17, 15) is 9.59 Å². The van der Waals surface area contributed by atoms with Crippen molar-refractivity contribution >= 4 is 23.1 Å². The lowest BCUT2D eigenvalue weighted by atomic mass is 10.00. The third-order valence-electron chi connectivity index (χ3n) is 5.86. The van der Waals surface area contributed by atoms with Crippen molar-refractivity contribution in [3.05, 3.63) is 126 Å². The zero-order valence-electron chi connectivity index (χ0n) is 20.7. The topological polar surface area (TPSA) is 76.7 Å². The van der Waals surface area contributed by atoms with E-state index >= 15 is 0 Å². The average molecular weight is 495 g/mol. The normalized spacial score (nSPS) is 11.3. The molecule has 0 aliphatic carbocycles. The molecule has 0 aliphatic heterocycles. The number of ketones is 1. The summed E-state index contributed by atoms with van der Waals surface area (Å²) in [6, 6.07) is 33.2. The number of anilines is 2. The van der Waals surface area contributed by atoms with Crippen molar-refractivity contribution in [1.29, 1.82) is 0 Å². The number of hydrogen-bond donors (Lipinski definition) is 2. The van der Waals surface area contributed by atoms with Crippen LogP contribution in [0, 0.1) is 0 Å². The SMILES string of the molecule is COC(=O)[C@@H](Cc1ccc(OCCNc2ccccc2)cc1)Nc1ccccc1C(=O)c1ccccc1. The van der Waals surface area contributed by atoms with Gasteiger partial charge in [-0.1, -0.05) is 72.8 Å². The van der Waals surface area contributed by atoms with Gasteiger partial charge in [-0.3, -0.25) is 4.79 Å². The van der Waals surface area contributed by atoms with E-state index in [1.54, 1.807) is 24.3 Å². The Hall–Kier alpha value is -4.58. The van der Waals surface area contributed by atoms with Crippen LogP contribution in [0.2, 0.25) is 0 Å². The summed E-state index contributed by atoms with van der Waals surface area (Å²) in [4.78, 5) is 25.7. The molecule has 0 unspecified atom stereocenters. The minimum Gasteiger partial charge on any atom is -0.492 e. The fraction of sp³-hybridized carbons (Fsp3) is 0.161. The Morgan fingerprint density at radius 1 is 0.784 bits per heavy atom. The lowest BCUT2D eigenvalue weighted by Gasteiger charge is -2.20. The van der Waals surface area contributed by atoms with Crippen LogP contribution in [0.4, 0.5) is 11.4 Å². The molecule has 0 saturated heterocycles. The smallest absolute Gasteiger partial charge is 0.328 e. The van der Waals surface area contributed by atoms with Gasteiger partial charge in [0.25, 0.3) is 0 Å².